The highest BCUT2D eigenvalue weighted by Crippen LogP contribution is 2.24. The second-order valence-electron chi connectivity index (χ2n) is 3.61. The van der Waals surface area contributed by atoms with E-state index in [4.69, 9.17) is 0 Å². The van der Waals surface area contributed by atoms with Crippen LogP contribution >= 0.6 is 0 Å². The summed E-state index contributed by atoms with van der Waals surface area (Å²) in [4.78, 5) is 31.0. The number of hydrogen-bond acceptors (Lipinski definition) is 5. The van der Waals surface area contributed by atoms with Crippen molar-refractivity contribution in [2.24, 2.45) is 5.41 Å². The molecule has 0 aromatic heterocycles. The Hall–Kier alpha value is -1.39. The van der Waals surface area contributed by atoms with Gasteiger partial charge in [-0.05, 0) is 12.8 Å². The number of carboxylic acids is 2. The van der Waals surface area contributed by atoms with Gasteiger partial charge in [0.05, 0.1) is 11.9 Å². The third kappa shape index (κ3) is 5.47. The quantitative estimate of drug-likeness (QED) is 0.596. The molecule has 0 atom stereocenters. The van der Waals surface area contributed by atoms with Gasteiger partial charge in [0.25, 0.3) is 0 Å². The summed E-state index contributed by atoms with van der Waals surface area (Å²) in [5.41, 5.74) is -1.81. The van der Waals surface area contributed by atoms with Crippen molar-refractivity contribution < 1.29 is 24.6 Å². The lowest BCUT2D eigenvalue weighted by Gasteiger charge is -2.33. The summed E-state index contributed by atoms with van der Waals surface area (Å²) < 4.78 is 0. The summed E-state index contributed by atoms with van der Waals surface area (Å²) in [5, 5.41) is 20.8. The zero-order valence-corrected chi connectivity index (χ0v) is 10.9. The van der Waals surface area contributed by atoms with Gasteiger partial charge >= 0.3 is 0 Å². The predicted octanol–water partition coefficient (Wildman–Crippen LogP) is -0.332. The maximum atomic E-state index is 10.4. The Kier molecular flexibility index (Phi) is 9.23. The van der Waals surface area contributed by atoms with E-state index in [9.17, 15) is 24.6 Å². The average Bonchev–Trinajstić information content (AvgIpc) is 2.30. The largest absolute Gasteiger partial charge is 0.549 e. The van der Waals surface area contributed by atoms with E-state index in [2.05, 4.69) is 0 Å². The number of hydrogen-bond donors (Lipinski definition) is 0. The first-order valence-corrected chi connectivity index (χ1v) is 5.76. The third-order valence-corrected chi connectivity index (χ3v) is 2.78. The lowest BCUT2D eigenvalue weighted by Crippen LogP contribution is -2.53. The van der Waals surface area contributed by atoms with E-state index in [0.29, 0.717) is 18.6 Å². The van der Waals surface area contributed by atoms with Crippen LogP contribution in [-0.4, -0.2) is 17.7 Å². The topological polar surface area (TPSA) is 97.3 Å². The summed E-state index contributed by atoms with van der Waals surface area (Å²) in [6, 6.07) is 0. The molecule has 0 saturated carbocycles. The Morgan fingerprint density at radius 1 is 0.824 bits per heavy atom. The summed E-state index contributed by atoms with van der Waals surface area (Å²) >= 11 is 0. The lowest BCUT2D eigenvalue weighted by atomic mass is 9.83. The molecule has 0 spiro atoms. The van der Waals surface area contributed by atoms with Gasteiger partial charge < -0.3 is 19.8 Å². The number of carbonyl (C=O) groups excluding carboxylic acids is 3. The molecule has 0 N–H and O–H groups in total. The van der Waals surface area contributed by atoms with Gasteiger partial charge in [-0.3, -0.25) is 4.79 Å². The van der Waals surface area contributed by atoms with E-state index >= 15 is 0 Å². The van der Waals surface area contributed by atoms with Gasteiger partial charge in [-0.25, -0.2) is 0 Å². The highest BCUT2D eigenvalue weighted by atomic mass is 16.4. The Labute approximate surface area is 102 Å². The molecule has 0 aliphatic rings. The van der Waals surface area contributed by atoms with Crippen LogP contribution in [0.2, 0.25) is 0 Å². The fraction of sp³-hybridized carbons (Fsp3) is 0.750. The Morgan fingerprint density at radius 3 is 1.12 bits per heavy atom. The van der Waals surface area contributed by atoms with Crippen molar-refractivity contribution in [3.05, 3.63) is 0 Å². The minimum Gasteiger partial charge on any atom is -0.549 e. The second kappa shape index (κ2) is 8.73. The molecule has 5 heteroatoms. The molecule has 0 saturated heterocycles. The van der Waals surface area contributed by atoms with E-state index < -0.39 is 17.4 Å². The molecule has 100 valence electrons. The normalized spacial score (nSPS) is 10.1. The van der Waals surface area contributed by atoms with Gasteiger partial charge in [0.15, 0.2) is 0 Å². The van der Waals surface area contributed by atoms with Crippen molar-refractivity contribution in [3.63, 3.8) is 0 Å². The molecular weight excluding hydrogens is 224 g/mol. The van der Waals surface area contributed by atoms with Crippen LogP contribution in [0.4, 0.5) is 0 Å². The number of carboxylic acid groups (broad SMARTS) is 2. The molecule has 0 aromatic carbocycles. The van der Waals surface area contributed by atoms with E-state index in [1.165, 1.54) is 13.8 Å². The van der Waals surface area contributed by atoms with Crippen LogP contribution in [0.15, 0.2) is 0 Å². The number of aliphatic carboxylic acids is 2. The molecule has 0 amide bonds. The first-order valence-electron chi connectivity index (χ1n) is 5.76. The molecule has 0 rings (SSSR count). The Bertz CT molecular complexity index is 244. The number of carbonyl (C=O) groups is 3. The fourth-order valence-electron chi connectivity index (χ4n) is 1.16. The number of Topliss-reactive ketones (excluding diaryl/α,β-unsaturated/α-hetero) is 1. The molecule has 0 fully saturated rings. The van der Waals surface area contributed by atoms with Crippen molar-refractivity contribution in [1.29, 1.82) is 0 Å². The van der Waals surface area contributed by atoms with Gasteiger partial charge in [-0.2, -0.15) is 0 Å². The standard InChI is InChI=1S/C7H12O4.C5H10O/c1-3-7(4-2,5(8)9)6(10)11;1-3-5(6)4-2/h3-4H2,1-2H3,(H,8,9)(H,10,11);3-4H2,1-2H3/p-2. The van der Waals surface area contributed by atoms with Crippen molar-refractivity contribution in [1.82, 2.24) is 0 Å². The van der Waals surface area contributed by atoms with Crippen molar-refractivity contribution in [3.8, 4) is 0 Å². The zero-order chi connectivity index (χ0) is 14.1. The van der Waals surface area contributed by atoms with Crippen LogP contribution in [-0.2, 0) is 14.4 Å². The minimum atomic E-state index is -1.81. The van der Waals surface area contributed by atoms with Crippen molar-refractivity contribution in [2.75, 3.05) is 0 Å². The number of ketones is 1. The molecule has 0 radical (unpaired) electrons. The van der Waals surface area contributed by atoms with Crippen LogP contribution in [0, 0.1) is 5.41 Å². The molecule has 17 heavy (non-hydrogen) atoms. The summed E-state index contributed by atoms with van der Waals surface area (Å²) in [7, 11) is 0. The fourth-order valence-corrected chi connectivity index (χ4v) is 1.16. The molecule has 0 bridgehead atoms. The summed E-state index contributed by atoms with van der Waals surface area (Å²) in [5.74, 6) is -2.79. The third-order valence-electron chi connectivity index (χ3n) is 2.78. The maximum absolute atomic E-state index is 10.4. The SMILES string of the molecule is CCC(=O)CC.CCC(CC)(C(=O)[O-])C(=O)[O-]. The van der Waals surface area contributed by atoms with Gasteiger partial charge in [0.2, 0.25) is 0 Å². The monoisotopic (exact) mass is 244 g/mol. The molecule has 5 nitrogen and oxygen atoms in total. The Balaban J connectivity index is 0. The molecule has 0 aromatic rings. The van der Waals surface area contributed by atoms with Crippen LogP contribution in [0.1, 0.15) is 53.4 Å². The molecule has 0 aliphatic heterocycles. The molecule has 0 heterocycles. The van der Waals surface area contributed by atoms with Crippen LogP contribution in [0.25, 0.3) is 0 Å². The average molecular weight is 244 g/mol. The number of rotatable bonds is 6. The van der Waals surface area contributed by atoms with Crippen LogP contribution < -0.4 is 10.2 Å². The van der Waals surface area contributed by atoms with E-state index in [1.807, 2.05) is 13.8 Å². The molecule has 0 unspecified atom stereocenters. The van der Waals surface area contributed by atoms with E-state index in [0.717, 1.165) is 0 Å². The maximum Gasteiger partial charge on any atom is 0.132 e. The smallest absolute Gasteiger partial charge is 0.132 e. The van der Waals surface area contributed by atoms with Crippen LogP contribution in [0.5, 0.6) is 0 Å². The van der Waals surface area contributed by atoms with E-state index in [1.54, 1.807) is 0 Å². The summed E-state index contributed by atoms with van der Waals surface area (Å²) in [6.07, 6.45) is 1.37. The van der Waals surface area contributed by atoms with Gasteiger partial charge in [0.1, 0.15) is 5.78 Å². The van der Waals surface area contributed by atoms with Gasteiger partial charge in [-0.1, -0.05) is 27.7 Å². The predicted molar refractivity (Wildman–Crippen MR) is 58.6 cm³/mol. The summed E-state index contributed by atoms with van der Waals surface area (Å²) in [6.45, 7) is 6.72. The van der Waals surface area contributed by atoms with Gasteiger partial charge in [-0.15, -0.1) is 0 Å². The zero-order valence-electron chi connectivity index (χ0n) is 10.9. The van der Waals surface area contributed by atoms with Crippen molar-refractivity contribution >= 4 is 17.7 Å². The highest BCUT2D eigenvalue weighted by molar-refractivity contribution is 5.95. The first-order chi connectivity index (χ1) is 7.82. The molecular formula is C12H20O5-2. The second-order valence-corrected chi connectivity index (χ2v) is 3.61. The van der Waals surface area contributed by atoms with E-state index in [-0.39, 0.29) is 12.8 Å². The van der Waals surface area contributed by atoms with Gasteiger partial charge in [0, 0.05) is 18.3 Å². The molecule has 0 aliphatic carbocycles. The lowest BCUT2D eigenvalue weighted by molar-refractivity contribution is -0.343. The minimum absolute atomic E-state index is 0.00579. The Morgan fingerprint density at radius 2 is 1.12 bits per heavy atom. The highest BCUT2D eigenvalue weighted by Gasteiger charge is 2.29. The van der Waals surface area contributed by atoms with Crippen molar-refractivity contribution in [2.45, 2.75) is 53.4 Å². The van der Waals surface area contributed by atoms with Crippen LogP contribution in [0.3, 0.4) is 0 Å². The first kappa shape index (κ1) is 18.0.